The first-order valence-electron chi connectivity index (χ1n) is 10.1. The molecule has 146 valence electrons. The smallest absolute Gasteiger partial charge is 0.221 e. The van der Waals surface area contributed by atoms with Crippen LogP contribution in [0.25, 0.3) is 0 Å². The molecule has 0 N–H and O–H groups in total. The van der Waals surface area contributed by atoms with E-state index in [9.17, 15) is 0 Å². The highest BCUT2D eigenvalue weighted by molar-refractivity contribution is 5.79. The van der Waals surface area contributed by atoms with Crippen molar-refractivity contribution in [2.75, 3.05) is 16.4 Å². The van der Waals surface area contributed by atoms with Gasteiger partial charge in [-0.2, -0.15) is 0 Å². The number of allylic oxidation sites excluding steroid dienone is 4. The predicted molar refractivity (Wildman–Crippen MR) is 114 cm³/mol. The second kappa shape index (κ2) is 7.76. The molecule has 28 heavy (non-hydrogen) atoms. The van der Waals surface area contributed by atoms with E-state index in [1.54, 1.807) is 0 Å². The second-order valence-electron chi connectivity index (χ2n) is 7.68. The number of ether oxygens (including phenoxy) is 1. The summed E-state index contributed by atoms with van der Waals surface area (Å²) in [6, 6.07) is 10.3. The van der Waals surface area contributed by atoms with Crippen LogP contribution in [-0.2, 0) is 4.74 Å². The lowest BCUT2D eigenvalue weighted by Crippen LogP contribution is -2.43. The summed E-state index contributed by atoms with van der Waals surface area (Å²) in [5, 5.41) is 0. The van der Waals surface area contributed by atoms with Gasteiger partial charge in [0, 0.05) is 18.0 Å². The van der Waals surface area contributed by atoms with Crippen molar-refractivity contribution in [3.63, 3.8) is 0 Å². The van der Waals surface area contributed by atoms with E-state index in [2.05, 4.69) is 60.9 Å². The fraction of sp³-hybridized carbons (Fsp3) is 0.391. The standard InChI is InChI=1S/C23H28N4O/c1-5-28-23-26(18-11-7-6-8-12-18)21-22(25-20(15-24-21)16(2)3)27(23)19-13-9-10-17(4)14-19/h6-13,15-17,23H,5,14H2,1-4H3. The van der Waals surface area contributed by atoms with Crippen LogP contribution < -0.4 is 9.80 Å². The van der Waals surface area contributed by atoms with Gasteiger partial charge in [-0.15, -0.1) is 0 Å². The maximum Gasteiger partial charge on any atom is 0.221 e. The fourth-order valence-corrected chi connectivity index (χ4v) is 3.74. The van der Waals surface area contributed by atoms with Crippen LogP contribution in [0.2, 0.25) is 0 Å². The van der Waals surface area contributed by atoms with Gasteiger partial charge in [0.2, 0.25) is 6.35 Å². The number of fused-ring (bicyclic) bond motifs is 1. The van der Waals surface area contributed by atoms with Gasteiger partial charge in [0.25, 0.3) is 0 Å². The van der Waals surface area contributed by atoms with Gasteiger partial charge in [0.1, 0.15) is 0 Å². The molecule has 2 atom stereocenters. The number of para-hydroxylation sites is 1. The van der Waals surface area contributed by atoms with Crippen molar-refractivity contribution in [2.24, 2.45) is 5.92 Å². The first-order valence-corrected chi connectivity index (χ1v) is 10.1. The minimum atomic E-state index is -0.297. The zero-order valence-corrected chi connectivity index (χ0v) is 17.0. The number of anilines is 3. The van der Waals surface area contributed by atoms with Crippen LogP contribution >= 0.6 is 0 Å². The van der Waals surface area contributed by atoms with Crippen molar-refractivity contribution in [3.05, 3.63) is 66.1 Å². The highest BCUT2D eigenvalue weighted by Crippen LogP contribution is 2.45. The molecule has 2 unspecified atom stereocenters. The molecule has 0 amide bonds. The van der Waals surface area contributed by atoms with E-state index < -0.39 is 0 Å². The molecule has 1 aromatic carbocycles. The average Bonchev–Trinajstić information content (AvgIpc) is 3.02. The minimum absolute atomic E-state index is 0.297. The molecule has 0 spiro atoms. The van der Waals surface area contributed by atoms with E-state index in [-0.39, 0.29) is 6.35 Å². The first kappa shape index (κ1) is 18.7. The Morgan fingerprint density at radius 1 is 1.14 bits per heavy atom. The predicted octanol–water partition coefficient (Wildman–Crippen LogP) is 5.36. The Morgan fingerprint density at radius 2 is 1.93 bits per heavy atom. The van der Waals surface area contributed by atoms with Crippen LogP contribution in [-0.4, -0.2) is 22.9 Å². The fourth-order valence-electron chi connectivity index (χ4n) is 3.74. The molecule has 1 aliphatic carbocycles. The van der Waals surface area contributed by atoms with E-state index in [4.69, 9.17) is 14.7 Å². The zero-order chi connectivity index (χ0) is 19.7. The van der Waals surface area contributed by atoms with Gasteiger partial charge in [-0.3, -0.25) is 9.80 Å². The first-order chi connectivity index (χ1) is 13.6. The Hall–Kier alpha value is -2.66. The molecule has 2 aromatic rings. The monoisotopic (exact) mass is 376 g/mol. The molecule has 5 heteroatoms. The lowest BCUT2D eigenvalue weighted by atomic mass is 10.00. The highest BCUT2D eigenvalue weighted by Gasteiger charge is 2.42. The molecule has 5 nitrogen and oxygen atoms in total. The van der Waals surface area contributed by atoms with Crippen LogP contribution in [0.3, 0.4) is 0 Å². The van der Waals surface area contributed by atoms with Crippen molar-refractivity contribution in [2.45, 2.75) is 46.4 Å². The number of hydrogen-bond donors (Lipinski definition) is 0. The van der Waals surface area contributed by atoms with Crippen LogP contribution in [0.15, 0.2) is 60.5 Å². The van der Waals surface area contributed by atoms with E-state index in [0.29, 0.717) is 18.4 Å². The second-order valence-corrected chi connectivity index (χ2v) is 7.68. The van der Waals surface area contributed by atoms with Gasteiger partial charge in [0.05, 0.1) is 11.9 Å². The van der Waals surface area contributed by atoms with Gasteiger partial charge >= 0.3 is 0 Å². The van der Waals surface area contributed by atoms with Crippen molar-refractivity contribution in [3.8, 4) is 0 Å². The Kier molecular flexibility index (Phi) is 5.18. The molecular formula is C23H28N4O. The largest absolute Gasteiger partial charge is 0.340 e. The maximum absolute atomic E-state index is 6.26. The van der Waals surface area contributed by atoms with Gasteiger partial charge in [-0.25, -0.2) is 9.97 Å². The van der Waals surface area contributed by atoms with E-state index in [1.807, 2.05) is 31.3 Å². The molecule has 4 rings (SSSR count). The van der Waals surface area contributed by atoms with E-state index >= 15 is 0 Å². The minimum Gasteiger partial charge on any atom is -0.340 e. The number of nitrogens with zero attached hydrogens (tertiary/aromatic N) is 4. The Labute approximate surface area is 167 Å². The van der Waals surface area contributed by atoms with Crippen LogP contribution in [0, 0.1) is 5.92 Å². The van der Waals surface area contributed by atoms with Crippen molar-refractivity contribution < 1.29 is 4.74 Å². The third kappa shape index (κ3) is 3.31. The lowest BCUT2D eigenvalue weighted by Gasteiger charge is -2.34. The number of hydrogen-bond acceptors (Lipinski definition) is 5. The number of aromatic nitrogens is 2. The highest BCUT2D eigenvalue weighted by atomic mass is 16.5. The summed E-state index contributed by atoms with van der Waals surface area (Å²) in [5.41, 5.74) is 3.26. The molecule has 0 saturated carbocycles. The summed E-state index contributed by atoms with van der Waals surface area (Å²) in [7, 11) is 0. The Bertz CT molecular complexity index is 891. The third-order valence-electron chi connectivity index (χ3n) is 5.16. The molecule has 1 aromatic heterocycles. The topological polar surface area (TPSA) is 41.5 Å². The maximum atomic E-state index is 6.26. The molecule has 0 saturated heterocycles. The Morgan fingerprint density at radius 3 is 2.61 bits per heavy atom. The summed E-state index contributed by atoms with van der Waals surface area (Å²) in [6.45, 7) is 9.17. The summed E-state index contributed by atoms with van der Waals surface area (Å²) in [5.74, 6) is 2.52. The van der Waals surface area contributed by atoms with Crippen LogP contribution in [0.5, 0.6) is 0 Å². The van der Waals surface area contributed by atoms with E-state index in [0.717, 1.165) is 29.4 Å². The van der Waals surface area contributed by atoms with Gasteiger partial charge in [0.15, 0.2) is 11.6 Å². The quantitative estimate of drug-likeness (QED) is 0.703. The van der Waals surface area contributed by atoms with Crippen LogP contribution in [0.4, 0.5) is 17.3 Å². The molecule has 1 aliphatic heterocycles. The molecule has 0 bridgehead atoms. The zero-order valence-electron chi connectivity index (χ0n) is 17.0. The normalized spacial score (nSPS) is 21.2. The Balaban J connectivity index is 1.88. The SMILES string of the molecule is CCOC1N(C2=CC=CC(C)C2)c2nc(C(C)C)cnc2N1c1ccccc1. The third-order valence-corrected chi connectivity index (χ3v) is 5.16. The number of benzene rings is 1. The van der Waals surface area contributed by atoms with Crippen LogP contribution in [0.1, 0.15) is 45.7 Å². The number of rotatable bonds is 5. The summed E-state index contributed by atoms with van der Waals surface area (Å²) in [4.78, 5) is 14.2. The molecule has 2 heterocycles. The van der Waals surface area contributed by atoms with Gasteiger partial charge in [-0.05, 0) is 43.4 Å². The van der Waals surface area contributed by atoms with Crippen molar-refractivity contribution >= 4 is 17.3 Å². The molecule has 0 radical (unpaired) electrons. The average molecular weight is 377 g/mol. The molecule has 2 aliphatic rings. The molecule has 0 fully saturated rings. The van der Waals surface area contributed by atoms with Gasteiger partial charge in [-0.1, -0.05) is 51.1 Å². The van der Waals surface area contributed by atoms with Crippen molar-refractivity contribution in [1.29, 1.82) is 0 Å². The summed E-state index contributed by atoms with van der Waals surface area (Å²) >= 11 is 0. The summed E-state index contributed by atoms with van der Waals surface area (Å²) < 4.78 is 6.26. The van der Waals surface area contributed by atoms with E-state index in [1.165, 1.54) is 5.70 Å². The van der Waals surface area contributed by atoms with Crippen molar-refractivity contribution in [1.82, 2.24) is 9.97 Å². The van der Waals surface area contributed by atoms with Gasteiger partial charge < -0.3 is 4.74 Å². The summed E-state index contributed by atoms with van der Waals surface area (Å²) in [6.07, 6.45) is 9.10. The lowest BCUT2D eigenvalue weighted by molar-refractivity contribution is 0.0733. The molecular weight excluding hydrogens is 348 g/mol.